The number of nitrogens with one attached hydrogen (secondary N) is 2. The standard InChI is InChI=1S/C26H36N4O.HI/c1-3-28-26(30-18-15-21(16-19-30)20-25(31)27-2)29-17-14-24(22-10-6-4-7-11-22)23-12-8-5-9-13-23;/h4-13,21,24H,3,14-20H2,1-2H3,(H,27,31)(H,28,29);1H. The molecule has 0 spiro atoms. The molecular weight excluding hydrogens is 511 g/mol. The lowest BCUT2D eigenvalue weighted by molar-refractivity contribution is -0.121. The first-order valence-electron chi connectivity index (χ1n) is 11.5. The highest BCUT2D eigenvalue weighted by molar-refractivity contribution is 14.0. The number of hydrogen-bond donors (Lipinski definition) is 2. The van der Waals surface area contributed by atoms with Crippen LogP contribution in [0.15, 0.2) is 65.7 Å². The second-order valence-electron chi connectivity index (χ2n) is 8.21. The van der Waals surface area contributed by atoms with Crippen LogP contribution in [0.5, 0.6) is 0 Å². The molecule has 3 rings (SSSR count). The normalized spacial score (nSPS) is 14.7. The third-order valence-electron chi connectivity index (χ3n) is 6.09. The molecule has 1 amide bonds. The van der Waals surface area contributed by atoms with Gasteiger partial charge in [0.1, 0.15) is 0 Å². The average Bonchev–Trinajstić information content (AvgIpc) is 2.82. The largest absolute Gasteiger partial charge is 0.359 e. The molecule has 2 aromatic rings. The molecule has 0 aromatic heterocycles. The molecule has 6 heteroatoms. The van der Waals surface area contributed by atoms with Gasteiger partial charge in [0.15, 0.2) is 5.96 Å². The van der Waals surface area contributed by atoms with Crippen LogP contribution in [0.1, 0.15) is 49.7 Å². The van der Waals surface area contributed by atoms with Crippen molar-refractivity contribution in [2.24, 2.45) is 10.9 Å². The Kier molecular flexibility index (Phi) is 11.6. The molecule has 2 N–H and O–H groups in total. The molecule has 1 aliphatic rings. The van der Waals surface area contributed by atoms with Crippen molar-refractivity contribution in [2.75, 3.05) is 33.2 Å². The monoisotopic (exact) mass is 548 g/mol. The summed E-state index contributed by atoms with van der Waals surface area (Å²) in [6.07, 6.45) is 3.67. The maximum absolute atomic E-state index is 11.7. The number of carbonyl (C=O) groups excluding carboxylic acids is 1. The summed E-state index contributed by atoms with van der Waals surface area (Å²) in [5.74, 6) is 1.96. The quantitative estimate of drug-likeness (QED) is 0.287. The van der Waals surface area contributed by atoms with E-state index in [1.54, 1.807) is 7.05 Å². The lowest BCUT2D eigenvalue weighted by Gasteiger charge is -2.34. The van der Waals surface area contributed by atoms with Crippen molar-refractivity contribution >= 4 is 35.8 Å². The summed E-state index contributed by atoms with van der Waals surface area (Å²) in [5, 5.41) is 6.21. The van der Waals surface area contributed by atoms with Gasteiger partial charge in [-0.1, -0.05) is 60.7 Å². The number of likely N-dealkylation sites (tertiary alicyclic amines) is 1. The van der Waals surface area contributed by atoms with Crippen molar-refractivity contribution < 1.29 is 4.79 Å². The van der Waals surface area contributed by atoms with Gasteiger partial charge in [0.05, 0.1) is 0 Å². The third-order valence-corrected chi connectivity index (χ3v) is 6.09. The van der Waals surface area contributed by atoms with Gasteiger partial charge in [0, 0.05) is 45.6 Å². The maximum atomic E-state index is 11.7. The molecule has 174 valence electrons. The average molecular weight is 549 g/mol. The molecule has 2 aromatic carbocycles. The summed E-state index contributed by atoms with van der Waals surface area (Å²) in [6, 6.07) is 21.4. The minimum Gasteiger partial charge on any atom is -0.359 e. The summed E-state index contributed by atoms with van der Waals surface area (Å²) in [7, 11) is 1.71. The van der Waals surface area contributed by atoms with E-state index in [0.29, 0.717) is 18.3 Å². The fourth-order valence-corrected chi connectivity index (χ4v) is 4.33. The summed E-state index contributed by atoms with van der Waals surface area (Å²) in [6.45, 7) is 5.65. The van der Waals surface area contributed by atoms with Gasteiger partial charge in [0.2, 0.25) is 5.91 Å². The zero-order chi connectivity index (χ0) is 21.9. The van der Waals surface area contributed by atoms with Crippen LogP contribution in [-0.4, -0.2) is 50.0 Å². The van der Waals surface area contributed by atoms with Gasteiger partial charge in [-0.15, -0.1) is 24.0 Å². The summed E-state index contributed by atoms with van der Waals surface area (Å²) in [5.41, 5.74) is 2.67. The van der Waals surface area contributed by atoms with Crippen LogP contribution in [0.3, 0.4) is 0 Å². The van der Waals surface area contributed by atoms with Gasteiger partial charge in [-0.25, -0.2) is 0 Å². The molecule has 0 unspecified atom stereocenters. The lowest BCUT2D eigenvalue weighted by Crippen LogP contribution is -2.46. The highest BCUT2D eigenvalue weighted by Crippen LogP contribution is 2.28. The predicted molar refractivity (Wildman–Crippen MR) is 144 cm³/mol. The van der Waals surface area contributed by atoms with E-state index in [0.717, 1.165) is 51.4 Å². The summed E-state index contributed by atoms with van der Waals surface area (Å²) < 4.78 is 0. The number of aliphatic imine (C=N–C) groups is 1. The van der Waals surface area contributed by atoms with Crippen LogP contribution in [-0.2, 0) is 4.79 Å². The van der Waals surface area contributed by atoms with Gasteiger partial charge >= 0.3 is 0 Å². The number of halogens is 1. The first kappa shape index (κ1) is 26.2. The van der Waals surface area contributed by atoms with Crippen molar-refractivity contribution in [3.63, 3.8) is 0 Å². The van der Waals surface area contributed by atoms with Crippen LogP contribution in [0, 0.1) is 5.92 Å². The van der Waals surface area contributed by atoms with E-state index >= 15 is 0 Å². The molecule has 0 atom stereocenters. The van der Waals surface area contributed by atoms with Crippen LogP contribution in [0.25, 0.3) is 0 Å². The van der Waals surface area contributed by atoms with E-state index in [1.165, 1.54) is 11.1 Å². The van der Waals surface area contributed by atoms with Crippen molar-refractivity contribution in [1.82, 2.24) is 15.5 Å². The molecule has 0 bridgehead atoms. The number of piperidine rings is 1. The number of rotatable bonds is 8. The van der Waals surface area contributed by atoms with E-state index in [-0.39, 0.29) is 29.9 Å². The number of nitrogens with zero attached hydrogens (tertiary/aromatic N) is 2. The molecule has 1 aliphatic heterocycles. The smallest absolute Gasteiger partial charge is 0.220 e. The lowest BCUT2D eigenvalue weighted by atomic mass is 9.89. The Morgan fingerprint density at radius 2 is 1.59 bits per heavy atom. The molecule has 0 radical (unpaired) electrons. The second-order valence-corrected chi connectivity index (χ2v) is 8.21. The number of benzene rings is 2. The van der Waals surface area contributed by atoms with Crippen LogP contribution < -0.4 is 10.6 Å². The summed E-state index contributed by atoms with van der Waals surface area (Å²) >= 11 is 0. The Morgan fingerprint density at radius 1 is 1.03 bits per heavy atom. The minimum atomic E-state index is 0. The zero-order valence-corrected chi connectivity index (χ0v) is 21.6. The Bertz CT molecular complexity index is 781. The highest BCUT2D eigenvalue weighted by Gasteiger charge is 2.23. The van der Waals surface area contributed by atoms with Crippen molar-refractivity contribution in [2.45, 2.75) is 38.5 Å². The van der Waals surface area contributed by atoms with Gasteiger partial charge in [-0.05, 0) is 43.2 Å². The Hall–Kier alpha value is -2.09. The van der Waals surface area contributed by atoms with E-state index in [2.05, 4.69) is 83.1 Å². The molecule has 1 heterocycles. The van der Waals surface area contributed by atoms with Gasteiger partial charge in [-0.3, -0.25) is 9.79 Å². The fourth-order valence-electron chi connectivity index (χ4n) is 4.33. The number of guanidine groups is 1. The molecule has 0 saturated carbocycles. The van der Waals surface area contributed by atoms with E-state index in [4.69, 9.17) is 4.99 Å². The van der Waals surface area contributed by atoms with Crippen molar-refractivity contribution in [3.05, 3.63) is 71.8 Å². The molecular formula is C26H37IN4O. The van der Waals surface area contributed by atoms with Crippen LogP contribution >= 0.6 is 24.0 Å². The number of carbonyl (C=O) groups is 1. The van der Waals surface area contributed by atoms with E-state index < -0.39 is 0 Å². The van der Waals surface area contributed by atoms with Gasteiger partial charge < -0.3 is 15.5 Å². The zero-order valence-electron chi connectivity index (χ0n) is 19.3. The first-order valence-corrected chi connectivity index (χ1v) is 11.5. The van der Waals surface area contributed by atoms with Crippen LogP contribution in [0.2, 0.25) is 0 Å². The van der Waals surface area contributed by atoms with Gasteiger partial charge in [0.25, 0.3) is 0 Å². The number of amides is 1. The minimum absolute atomic E-state index is 0. The SMILES string of the molecule is CCNC(=NCCC(c1ccccc1)c1ccccc1)N1CCC(CC(=O)NC)CC1.I. The van der Waals surface area contributed by atoms with Crippen LogP contribution in [0.4, 0.5) is 0 Å². The van der Waals surface area contributed by atoms with E-state index in [9.17, 15) is 4.79 Å². The highest BCUT2D eigenvalue weighted by atomic mass is 127. The molecule has 1 fully saturated rings. The fraction of sp³-hybridized carbons (Fsp3) is 0.462. The maximum Gasteiger partial charge on any atom is 0.220 e. The molecule has 32 heavy (non-hydrogen) atoms. The Balaban J connectivity index is 0.00000363. The van der Waals surface area contributed by atoms with Crippen molar-refractivity contribution in [1.29, 1.82) is 0 Å². The number of hydrogen-bond acceptors (Lipinski definition) is 2. The van der Waals surface area contributed by atoms with E-state index in [1.807, 2.05) is 0 Å². The second kappa shape index (κ2) is 14.1. The molecule has 0 aliphatic carbocycles. The predicted octanol–water partition coefficient (Wildman–Crippen LogP) is 4.64. The Labute approximate surface area is 210 Å². The Morgan fingerprint density at radius 3 is 2.09 bits per heavy atom. The molecule has 1 saturated heterocycles. The topological polar surface area (TPSA) is 56.7 Å². The van der Waals surface area contributed by atoms with Gasteiger partial charge in [-0.2, -0.15) is 0 Å². The summed E-state index contributed by atoms with van der Waals surface area (Å²) in [4.78, 5) is 19.0. The first-order chi connectivity index (χ1) is 15.2. The third kappa shape index (κ3) is 7.80. The molecule has 5 nitrogen and oxygen atoms in total. The van der Waals surface area contributed by atoms with Crippen molar-refractivity contribution in [3.8, 4) is 0 Å².